The first-order valence-corrected chi connectivity index (χ1v) is 10.4. The van der Waals surface area contributed by atoms with E-state index in [4.69, 9.17) is 9.47 Å². The van der Waals surface area contributed by atoms with E-state index < -0.39 is 24.1 Å². The Morgan fingerprint density at radius 2 is 1.14 bits per heavy atom. The van der Waals surface area contributed by atoms with Crippen LogP contribution in [-0.4, -0.2) is 34.4 Å². The second kappa shape index (κ2) is 13.9. The van der Waals surface area contributed by atoms with E-state index in [0.717, 1.165) is 51.4 Å². The van der Waals surface area contributed by atoms with Crippen LogP contribution in [0.5, 0.6) is 11.5 Å². The molecule has 0 aliphatic heterocycles. The molecule has 2 unspecified atom stereocenters. The molecule has 0 spiro atoms. The largest absolute Gasteiger partial charge is 0.479 e. The molecule has 0 aliphatic rings. The van der Waals surface area contributed by atoms with E-state index >= 15 is 0 Å². The van der Waals surface area contributed by atoms with Crippen LogP contribution in [0.25, 0.3) is 0 Å². The normalized spacial score (nSPS) is 12.9. The number of hydrogen-bond acceptors (Lipinski definition) is 4. The van der Waals surface area contributed by atoms with Crippen LogP contribution < -0.4 is 9.47 Å². The number of benzene rings is 1. The standard InChI is InChI=1S/C22H34O6/c1-3-5-7-9-15-19(21(23)24)27-17-13-11-12-14-18(17)28-20(22(25)26)16-10-8-6-4-2/h11-14,19-20H,3-10,15-16H2,1-2H3,(H,23,24)(H,25,26). The highest BCUT2D eigenvalue weighted by Crippen LogP contribution is 2.30. The zero-order valence-corrected chi connectivity index (χ0v) is 17.1. The molecular weight excluding hydrogens is 360 g/mol. The van der Waals surface area contributed by atoms with Gasteiger partial charge in [0.2, 0.25) is 0 Å². The number of hydrogen-bond donors (Lipinski definition) is 2. The number of unbranched alkanes of at least 4 members (excludes halogenated alkanes) is 6. The van der Waals surface area contributed by atoms with Gasteiger partial charge in [0.25, 0.3) is 0 Å². The highest BCUT2D eigenvalue weighted by Gasteiger charge is 2.24. The fourth-order valence-corrected chi connectivity index (χ4v) is 2.93. The van der Waals surface area contributed by atoms with Crippen molar-refractivity contribution in [1.82, 2.24) is 0 Å². The lowest BCUT2D eigenvalue weighted by atomic mass is 10.1. The summed E-state index contributed by atoms with van der Waals surface area (Å²) in [6.45, 7) is 4.19. The molecule has 6 heteroatoms. The second-order valence-electron chi connectivity index (χ2n) is 7.03. The van der Waals surface area contributed by atoms with Crippen LogP contribution in [-0.2, 0) is 9.59 Å². The molecule has 1 aromatic carbocycles. The first kappa shape index (κ1) is 23.8. The molecule has 158 valence electrons. The van der Waals surface area contributed by atoms with Crippen LogP contribution in [0.2, 0.25) is 0 Å². The number of carbonyl (C=O) groups is 2. The Bertz CT molecular complexity index is 535. The molecule has 6 nitrogen and oxygen atoms in total. The Labute approximate surface area is 167 Å². The molecule has 0 fully saturated rings. The minimum atomic E-state index is -1.03. The van der Waals surface area contributed by atoms with E-state index in [1.165, 1.54) is 0 Å². The van der Waals surface area contributed by atoms with Gasteiger partial charge in [0.15, 0.2) is 23.7 Å². The summed E-state index contributed by atoms with van der Waals surface area (Å²) in [5.74, 6) is -1.52. The van der Waals surface area contributed by atoms with Crippen LogP contribution >= 0.6 is 0 Å². The molecule has 0 saturated carbocycles. The number of rotatable bonds is 16. The average molecular weight is 395 g/mol. The van der Waals surface area contributed by atoms with Crippen molar-refractivity contribution in [3.63, 3.8) is 0 Å². The third-order valence-electron chi connectivity index (χ3n) is 4.58. The van der Waals surface area contributed by atoms with Gasteiger partial charge in [0.1, 0.15) is 0 Å². The van der Waals surface area contributed by atoms with Gasteiger partial charge in [0.05, 0.1) is 0 Å². The van der Waals surface area contributed by atoms with E-state index in [0.29, 0.717) is 12.8 Å². The smallest absolute Gasteiger partial charge is 0.344 e. The number of aliphatic carboxylic acids is 2. The first-order valence-electron chi connectivity index (χ1n) is 10.4. The summed E-state index contributed by atoms with van der Waals surface area (Å²) in [5.41, 5.74) is 0. The molecule has 0 bridgehead atoms. The molecule has 0 amide bonds. The van der Waals surface area contributed by atoms with Crippen LogP contribution in [0.15, 0.2) is 24.3 Å². The van der Waals surface area contributed by atoms with Gasteiger partial charge in [-0.15, -0.1) is 0 Å². The summed E-state index contributed by atoms with van der Waals surface area (Å²) in [4.78, 5) is 23.1. The molecule has 28 heavy (non-hydrogen) atoms. The summed E-state index contributed by atoms with van der Waals surface area (Å²) in [6.07, 6.45) is 6.58. The van der Waals surface area contributed by atoms with Crippen molar-refractivity contribution >= 4 is 11.9 Å². The van der Waals surface area contributed by atoms with Gasteiger partial charge in [-0.2, -0.15) is 0 Å². The van der Waals surface area contributed by atoms with Crippen molar-refractivity contribution in [2.75, 3.05) is 0 Å². The van der Waals surface area contributed by atoms with Crippen LogP contribution in [0.3, 0.4) is 0 Å². The molecule has 0 saturated heterocycles. The van der Waals surface area contributed by atoms with Gasteiger partial charge in [0, 0.05) is 0 Å². The first-order chi connectivity index (χ1) is 13.5. The maximum atomic E-state index is 11.6. The molecule has 1 rings (SSSR count). The van der Waals surface area contributed by atoms with Gasteiger partial charge in [-0.1, -0.05) is 64.5 Å². The Morgan fingerprint density at radius 3 is 1.46 bits per heavy atom. The zero-order chi connectivity index (χ0) is 20.8. The summed E-state index contributed by atoms with van der Waals surface area (Å²) < 4.78 is 11.4. The number of para-hydroxylation sites is 2. The lowest BCUT2D eigenvalue weighted by Gasteiger charge is -2.20. The van der Waals surface area contributed by atoms with Crippen molar-refractivity contribution in [1.29, 1.82) is 0 Å². The Kier molecular flexibility index (Phi) is 11.8. The highest BCUT2D eigenvalue weighted by molar-refractivity contribution is 5.73. The van der Waals surface area contributed by atoms with Gasteiger partial charge in [-0.3, -0.25) is 0 Å². The molecule has 0 aliphatic carbocycles. The SMILES string of the molecule is CCCCCCC(Oc1ccccc1OC(CCCCCC)C(=O)O)C(=O)O. The molecule has 0 radical (unpaired) electrons. The lowest BCUT2D eigenvalue weighted by molar-refractivity contribution is -0.147. The maximum Gasteiger partial charge on any atom is 0.344 e. The highest BCUT2D eigenvalue weighted by atomic mass is 16.6. The zero-order valence-electron chi connectivity index (χ0n) is 17.1. The van der Waals surface area contributed by atoms with Crippen LogP contribution in [0.1, 0.15) is 78.1 Å². The van der Waals surface area contributed by atoms with E-state index in [9.17, 15) is 19.8 Å². The average Bonchev–Trinajstić information content (AvgIpc) is 2.67. The van der Waals surface area contributed by atoms with Crippen molar-refractivity contribution in [2.24, 2.45) is 0 Å². The molecule has 0 heterocycles. The van der Waals surface area contributed by atoms with E-state index in [1.54, 1.807) is 24.3 Å². The predicted octanol–water partition coefficient (Wildman–Crippen LogP) is 5.29. The summed E-state index contributed by atoms with van der Waals surface area (Å²) >= 11 is 0. The summed E-state index contributed by atoms with van der Waals surface area (Å²) in [6, 6.07) is 6.67. The fraction of sp³-hybridized carbons (Fsp3) is 0.636. The summed E-state index contributed by atoms with van der Waals surface area (Å²) in [5, 5.41) is 18.9. The Morgan fingerprint density at radius 1 is 0.750 bits per heavy atom. The minimum Gasteiger partial charge on any atom is -0.479 e. The topological polar surface area (TPSA) is 93.1 Å². The van der Waals surface area contributed by atoms with Crippen LogP contribution in [0.4, 0.5) is 0 Å². The third kappa shape index (κ3) is 9.11. The Balaban J connectivity index is 2.77. The number of carboxylic acid groups (broad SMARTS) is 2. The van der Waals surface area contributed by atoms with E-state index in [1.807, 2.05) is 0 Å². The minimum absolute atomic E-state index is 0.269. The van der Waals surface area contributed by atoms with E-state index in [-0.39, 0.29) is 11.5 Å². The molecule has 2 atom stereocenters. The number of carboxylic acids is 2. The number of ether oxygens (including phenoxy) is 2. The fourth-order valence-electron chi connectivity index (χ4n) is 2.93. The van der Waals surface area contributed by atoms with Gasteiger partial charge < -0.3 is 19.7 Å². The molecule has 2 N–H and O–H groups in total. The van der Waals surface area contributed by atoms with Crippen LogP contribution in [0, 0.1) is 0 Å². The Hall–Kier alpha value is -2.24. The third-order valence-corrected chi connectivity index (χ3v) is 4.58. The molecule has 1 aromatic rings. The monoisotopic (exact) mass is 394 g/mol. The van der Waals surface area contributed by atoms with Crippen molar-refractivity contribution in [2.45, 2.75) is 90.3 Å². The van der Waals surface area contributed by atoms with Crippen molar-refractivity contribution < 1.29 is 29.3 Å². The maximum absolute atomic E-state index is 11.6. The summed E-state index contributed by atoms with van der Waals surface area (Å²) in [7, 11) is 0. The second-order valence-corrected chi connectivity index (χ2v) is 7.03. The van der Waals surface area contributed by atoms with E-state index in [2.05, 4.69) is 13.8 Å². The van der Waals surface area contributed by atoms with Crippen molar-refractivity contribution in [3.8, 4) is 11.5 Å². The van der Waals surface area contributed by atoms with Gasteiger partial charge >= 0.3 is 11.9 Å². The molecule has 0 aromatic heterocycles. The van der Waals surface area contributed by atoms with Gasteiger partial charge in [-0.05, 0) is 37.8 Å². The lowest BCUT2D eigenvalue weighted by Crippen LogP contribution is -2.29. The molecular formula is C22H34O6. The predicted molar refractivity (Wildman–Crippen MR) is 108 cm³/mol. The van der Waals surface area contributed by atoms with Crippen molar-refractivity contribution in [3.05, 3.63) is 24.3 Å². The van der Waals surface area contributed by atoms with Gasteiger partial charge in [-0.25, -0.2) is 9.59 Å². The quantitative estimate of drug-likeness (QED) is 0.370.